The summed E-state index contributed by atoms with van der Waals surface area (Å²) in [6.07, 6.45) is 6.00. The molecule has 7 nitrogen and oxygen atoms in total. The molecule has 162 valence electrons. The van der Waals surface area contributed by atoms with Gasteiger partial charge in [0.2, 0.25) is 5.91 Å². The summed E-state index contributed by atoms with van der Waals surface area (Å²) in [6.45, 7) is 3.02. The Balaban J connectivity index is 1.49. The summed E-state index contributed by atoms with van der Waals surface area (Å²) < 4.78 is 10.6. The summed E-state index contributed by atoms with van der Waals surface area (Å²) >= 11 is 0. The fourth-order valence-corrected chi connectivity index (χ4v) is 3.85. The van der Waals surface area contributed by atoms with Crippen molar-refractivity contribution in [1.82, 2.24) is 15.5 Å². The first kappa shape index (κ1) is 21.9. The first-order valence-corrected chi connectivity index (χ1v) is 10.6. The van der Waals surface area contributed by atoms with Crippen molar-refractivity contribution in [1.29, 1.82) is 0 Å². The second-order valence-corrected chi connectivity index (χ2v) is 7.50. The van der Waals surface area contributed by atoms with Gasteiger partial charge in [0, 0.05) is 25.1 Å². The number of rotatable bonds is 10. The number of hydrogen-bond donors (Lipinski definition) is 2. The van der Waals surface area contributed by atoms with E-state index in [0.29, 0.717) is 25.9 Å². The molecule has 1 atom stereocenters. The lowest BCUT2D eigenvalue weighted by Crippen LogP contribution is -2.40. The number of nitrogens with one attached hydrogen (secondary N) is 2. The molecule has 30 heavy (non-hydrogen) atoms. The van der Waals surface area contributed by atoms with Crippen LogP contribution in [0.15, 0.2) is 47.1 Å². The van der Waals surface area contributed by atoms with Gasteiger partial charge in [-0.3, -0.25) is 14.5 Å². The smallest absolute Gasteiger partial charge is 0.286 e. The monoisotopic (exact) mass is 413 g/mol. The molecule has 0 spiro atoms. The van der Waals surface area contributed by atoms with Crippen molar-refractivity contribution in [2.24, 2.45) is 0 Å². The van der Waals surface area contributed by atoms with Crippen molar-refractivity contribution >= 4 is 11.8 Å². The number of carbonyl (C=O) groups is 2. The summed E-state index contributed by atoms with van der Waals surface area (Å²) in [5.74, 6) is 0.851. The van der Waals surface area contributed by atoms with Gasteiger partial charge in [-0.15, -0.1) is 0 Å². The van der Waals surface area contributed by atoms with Crippen molar-refractivity contribution in [3.05, 3.63) is 54.0 Å². The highest BCUT2D eigenvalue weighted by atomic mass is 16.5. The molecule has 3 rings (SSSR count). The number of likely N-dealkylation sites (tertiary alicyclic amines) is 1. The molecule has 1 fully saturated rings. The third-order valence-corrected chi connectivity index (χ3v) is 5.43. The third-order valence-electron chi connectivity index (χ3n) is 5.43. The van der Waals surface area contributed by atoms with Crippen LogP contribution in [0.4, 0.5) is 0 Å². The summed E-state index contributed by atoms with van der Waals surface area (Å²) in [4.78, 5) is 26.7. The molecule has 2 N–H and O–H groups in total. The zero-order valence-electron chi connectivity index (χ0n) is 17.6. The highest BCUT2D eigenvalue weighted by Gasteiger charge is 2.25. The lowest BCUT2D eigenvalue weighted by molar-refractivity contribution is -0.121. The highest BCUT2D eigenvalue weighted by Crippen LogP contribution is 2.30. The maximum atomic E-state index is 12.4. The fraction of sp³-hybridized carbons (Fsp3) is 0.478. The van der Waals surface area contributed by atoms with Gasteiger partial charge in [0.15, 0.2) is 5.76 Å². The van der Waals surface area contributed by atoms with Gasteiger partial charge in [-0.25, -0.2) is 0 Å². The van der Waals surface area contributed by atoms with Crippen molar-refractivity contribution in [3.63, 3.8) is 0 Å². The van der Waals surface area contributed by atoms with E-state index in [1.807, 2.05) is 18.2 Å². The van der Waals surface area contributed by atoms with E-state index < -0.39 is 0 Å². The van der Waals surface area contributed by atoms with Crippen LogP contribution in [-0.2, 0) is 4.79 Å². The van der Waals surface area contributed by atoms with Gasteiger partial charge in [-0.2, -0.15) is 0 Å². The maximum Gasteiger partial charge on any atom is 0.286 e. The molecular formula is C23H31N3O4. The number of nitrogens with zero attached hydrogens (tertiary/aromatic N) is 1. The highest BCUT2D eigenvalue weighted by molar-refractivity contribution is 5.91. The van der Waals surface area contributed by atoms with Gasteiger partial charge < -0.3 is 19.8 Å². The average molecular weight is 414 g/mol. The van der Waals surface area contributed by atoms with Crippen LogP contribution in [0.25, 0.3) is 0 Å². The molecule has 1 aliphatic heterocycles. The number of amides is 2. The Labute approximate surface area is 177 Å². The fourth-order valence-electron chi connectivity index (χ4n) is 3.85. The zero-order valence-corrected chi connectivity index (χ0v) is 17.6. The van der Waals surface area contributed by atoms with Gasteiger partial charge >= 0.3 is 0 Å². The summed E-state index contributed by atoms with van der Waals surface area (Å²) in [7, 11) is 1.68. The molecule has 2 aromatic rings. The van der Waals surface area contributed by atoms with E-state index in [4.69, 9.17) is 9.15 Å². The molecule has 0 radical (unpaired) electrons. The van der Waals surface area contributed by atoms with Crippen LogP contribution in [0, 0.1) is 0 Å². The number of ether oxygens (including phenoxy) is 1. The third kappa shape index (κ3) is 6.10. The Morgan fingerprint density at radius 3 is 2.63 bits per heavy atom. The molecule has 1 aliphatic rings. The van der Waals surface area contributed by atoms with Crippen LogP contribution < -0.4 is 15.4 Å². The molecule has 2 amide bonds. The zero-order chi connectivity index (χ0) is 21.2. The van der Waals surface area contributed by atoms with Gasteiger partial charge in [0.1, 0.15) is 5.75 Å². The van der Waals surface area contributed by atoms with Crippen molar-refractivity contribution < 1.29 is 18.7 Å². The van der Waals surface area contributed by atoms with E-state index in [9.17, 15) is 9.59 Å². The minimum atomic E-state index is -0.262. The molecule has 1 saturated heterocycles. The van der Waals surface area contributed by atoms with E-state index >= 15 is 0 Å². The second-order valence-electron chi connectivity index (χ2n) is 7.50. The number of hydrogen-bond acceptors (Lipinski definition) is 5. The Hall–Kier alpha value is -2.80. The SMILES string of the molecule is COc1ccccc1C(CNC(=O)CCCNC(=O)c1ccco1)N1CCCCC1. The van der Waals surface area contributed by atoms with E-state index in [2.05, 4.69) is 21.6 Å². The Morgan fingerprint density at radius 2 is 1.90 bits per heavy atom. The van der Waals surface area contributed by atoms with Crippen molar-refractivity contribution in [3.8, 4) is 5.75 Å². The van der Waals surface area contributed by atoms with Crippen molar-refractivity contribution in [2.75, 3.05) is 33.3 Å². The van der Waals surface area contributed by atoms with Crippen molar-refractivity contribution in [2.45, 2.75) is 38.1 Å². The van der Waals surface area contributed by atoms with E-state index in [1.165, 1.54) is 25.5 Å². The number of piperidine rings is 1. The van der Waals surface area contributed by atoms with E-state index in [1.54, 1.807) is 19.2 Å². The van der Waals surface area contributed by atoms with Crippen LogP contribution in [0.3, 0.4) is 0 Å². The van der Waals surface area contributed by atoms with E-state index in [0.717, 1.165) is 24.4 Å². The summed E-state index contributed by atoms with van der Waals surface area (Å²) in [5.41, 5.74) is 1.10. The molecular weight excluding hydrogens is 382 g/mol. The summed E-state index contributed by atoms with van der Waals surface area (Å²) in [5, 5.41) is 5.84. The van der Waals surface area contributed by atoms with Crippen LogP contribution in [0.2, 0.25) is 0 Å². The Kier molecular flexibility index (Phi) is 8.32. The van der Waals surface area contributed by atoms with Gasteiger partial charge in [0.05, 0.1) is 19.4 Å². The second kappa shape index (κ2) is 11.4. The maximum absolute atomic E-state index is 12.4. The van der Waals surface area contributed by atoms with Gasteiger partial charge in [-0.1, -0.05) is 24.6 Å². The first-order chi connectivity index (χ1) is 14.7. The molecule has 1 aromatic heterocycles. The molecule has 0 aliphatic carbocycles. The Morgan fingerprint density at radius 1 is 1.10 bits per heavy atom. The quantitative estimate of drug-likeness (QED) is 0.585. The number of para-hydroxylation sites is 1. The van der Waals surface area contributed by atoms with E-state index in [-0.39, 0.29) is 23.6 Å². The number of carbonyl (C=O) groups excluding carboxylic acids is 2. The molecule has 2 heterocycles. The Bertz CT molecular complexity index is 801. The lowest BCUT2D eigenvalue weighted by atomic mass is 10.0. The van der Waals surface area contributed by atoms with Crippen LogP contribution >= 0.6 is 0 Å². The number of benzene rings is 1. The summed E-state index contributed by atoms with van der Waals surface area (Å²) in [6, 6.07) is 11.4. The van der Waals surface area contributed by atoms with Crippen LogP contribution in [0.5, 0.6) is 5.75 Å². The predicted molar refractivity (Wildman–Crippen MR) is 114 cm³/mol. The van der Waals surface area contributed by atoms with Gasteiger partial charge in [0.25, 0.3) is 5.91 Å². The van der Waals surface area contributed by atoms with Crippen LogP contribution in [0.1, 0.15) is 54.3 Å². The normalized spacial score (nSPS) is 15.4. The molecule has 1 aromatic carbocycles. The predicted octanol–water partition coefficient (Wildman–Crippen LogP) is 3.14. The van der Waals surface area contributed by atoms with Crippen LogP contribution in [-0.4, -0.2) is 50.0 Å². The number of methoxy groups -OCH3 is 1. The largest absolute Gasteiger partial charge is 0.496 e. The standard InChI is InChI=1S/C23H31N3O4/c1-29-20-10-4-3-9-18(20)19(26-14-5-2-6-15-26)17-25-22(27)12-7-13-24-23(28)21-11-8-16-30-21/h3-4,8-11,16,19H,2,5-7,12-15,17H2,1H3,(H,24,28)(H,25,27). The lowest BCUT2D eigenvalue weighted by Gasteiger charge is -2.35. The molecule has 1 unspecified atom stereocenters. The molecule has 0 bridgehead atoms. The minimum Gasteiger partial charge on any atom is -0.496 e. The van der Waals surface area contributed by atoms with Gasteiger partial charge in [-0.05, 0) is 50.6 Å². The minimum absolute atomic E-state index is 0.0147. The topological polar surface area (TPSA) is 83.8 Å². The number of furan rings is 1. The molecule has 7 heteroatoms. The molecule has 0 saturated carbocycles. The average Bonchev–Trinajstić information content (AvgIpc) is 3.33. The first-order valence-electron chi connectivity index (χ1n) is 10.6.